The molecular weight excluding hydrogens is 458 g/mol. The summed E-state index contributed by atoms with van der Waals surface area (Å²) in [6.45, 7) is 7.68. The first-order valence-electron chi connectivity index (χ1n) is 12.3. The van der Waals surface area contributed by atoms with E-state index in [2.05, 4.69) is 37.3 Å². The number of piperidine rings is 1. The first-order valence-corrected chi connectivity index (χ1v) is 12.3. The van der Waals surface area contributed by atoms with Gasteiger partial charge in [-0.1, -0.05) is 13.0 Å². The van der Waals surface area contributed by atoms with Crippen LogP contribution in [0.1, 0.15) is 54.0 Å². The number of aromatic nitrogens is 4. The molecule has 3 aromatic heterocycles. The Kier molecular flexibility index (Phi) is 6.55. The monoisotopic (exact) mass is 489 g/mol. The van der Waals surface area contributed by atoms with E-state index in [9.17, 15) is 14.7 Å². The predicted octanol–water partition coefficient (Wildman–Crippen LogP) is 2.90. The molecule has 4 heterocycles. The van der Waals surface area contributed by atoms with E-state index in [1.54, 1.807) is 41.9 Å². The lowest BCUT2D eigenvalue weighted by Crippen LogP contribution is -2.45. The van der Waals surface area contributed by atoms with Crippen molar-refractivity contribution in [3.8, 4) is 0 Å². The van der Waals surface area contributed by atoms with Crippen LogP contribution in [0.15, 0.2) is 37.2 Å². The smallest absolute Gasteiger partial charge is 0.294 e. The number of pyridine rings is 2. The number of nitrogens with zero attached hydrogens (tertiary/aromatic N) is 5. The van der Waals surface area contributed by atoms with Gasteiger partial charge in [-0.2, -0.15) is 0 Å². The van der Waals surface area contributed by atoms with Gasteiger partial charge in [-0.05, 0) is 80.4 Å². The Morgan fingerprint density at radius 3 is 2.61 bits per heavy atom. The SMILES string of the molecule is C=C(CO)c1ccn2c(C(=O)Nc3cc(NC(=O)CN4CCC5(CCC5)CC4)cnc3C)nnc2c1. The van der Waals surface area contributed by atoms with E-state index < -0.39 is 5.91 Å². The van der Waals surface area contributed by atoms with Crippen molar-refractivity contribution in [1.82, 2.24) is 24.5 Å². The number of likely N-dealkylation sites (tertiary alicyclic amines) is 1. The second-order valence-electron chi connectivity index (χ2n) is 9.92. The number of nitrogens with one attached hydrogen (secondary N) is 2. The fraction of sp³-hybridized carbons (Fsp3) is 0.423. The highest BCUT2D eigenvalue weighted by molar-refractivity contribution is 6.03. The molecule has 2 fully saturated rings. The molecule has 10 nitrogen and oxygen atoms in total. The van der Waals surface area contributed by atoms with Gasteiger partial charge in [0.25, 0.3) is 5.91 Å². The number of hydrogen-bond donors (Lipinski definition) is 3. The molecule has 36 heavy (non-hydrogen) atoms. The van der Waals surface area contributed by atoms with Gasteiger partial charge < -0.3 is 15.7 Å². The molecule has 0 atom stereocenters. The molecule has 1 aliphatic carbocycles. The number of hydrogen-bond acceptors (Lipinski definition) is 7. The van der Waals surface area contributed by atoms with Gasteiger partial charge in [0.05, 0.1) is 36.4 Å². The third-order valence-electron chi connectivity index (χ3n) is 7.53. The summed E-state index contributed by atoms with van der Waals surface area (Å²) >= 11 is 0. The van der Waals surface area contributed by atoms with Gasteiger partial charge in [-0.25, -0.2) is 0 Å². The van der Waals surface area contributed by atoms with E-state index in [-0.39, 0.29) is 18.3 Å². The second kappa shape index (κ2) is 9.79. The van der Waals surface area contributed by atoms with Crippen molar-refractivity contribution in [1.29, 1.82) is 0 Å². The minimum Gasteiger partial charge on any atom is -0.392 e. The Morgan fingerprint density at radius 1 is 1.14 bits per heavy atom. The van der Waals surface area contributed by atoms with Crippen LogP contribution in [-0.2, 0) is 4.79 Å². The number of amides is 2. The zero-order chi connectivity index (χ0) is 25.3. The van der Waals surface area contributed by atoms with Crippen molar-refractivity contribution in [2.24, 2.45) is 5.41 Å². The minimum atomic E-state index is -0.456. The zero-order valence-corrected chi connectivity index (χ0v) is 20.5. The summed E-state index contributed by atoms with van der Waals surface area (Å²) in [6, 6.07) is 5.15. The van der Waals surface area contributed by atoms with Crippen molar-refractivity contribution >= 4 is 34.4 Å². The van der Waals surface area contributed by atoms with Gasteiger partial charge in [0.2, 0.25) is 11.7 Å². The van der Waals surface area contributed by atoms with Crippen molar-refractivity contribution in [2.45, 2.75) is 39.0 Å². The van der Waals surface area contributed by atoms with Gasteiger partial charge in [0, 0.05) is 6.20 Å². The molecule has 0 radical (unpaired) electrons. The lowest BCUT2D eigenvalue weighted by atomic mass is 9.63. The van der Waals surface area contributed by atoms with Crippen LogP contribution < -0.4 is 10.6 Å². The first kappa shape index (κ1) is 24.1. The number of rotatable bonds is 7. The predicted molar refractivity (Wildman–Crippen MR) is 137 cm³/mol. The van der Waals surface area contributed by atoms with Gasteiger partial charge in [0.15, 0.2) is 5.65 Å². The van der Waals surface area contributed by atoms with Gasteiger partial charge in [0.1, 0.15) is 0 Å². The third-order valence-corrected chi connectivity index (χ3v) is 7.53. The number of anilines is 2. The molecule has 0 bridgehead atoms. The van der Waals surface area contributed by atoms with Gasteiger partial charge in [-0.15, -0.1) is 10.2 Å². The van der Waals surface area contributed by atoms with E-state index >= 15 is 0 Å². The Bertz CT molecular complexity index is 1320. The van der Waals surface area contributed by atoms with Crippen LogP contribution in [-0.4, -0.2) is 67.6 Å². The molecule has 0 aromatic carbocycles. The summed E-state index contributed by atoms with van der Waals surface area (Å²) < 4.78 is 1.56. The Hall–Kier alpha value is -3.63. The fourth-order valence-electron chi connectivity index (χ4n) is 5.03. The lowest BCUT2D eigenvalue weighted by molar-refractivity contribution is -0.118. The highest BCUT2D eigenvalue weighted by Gasteiger charge is 2.39. The summed E-state index contributed by atoms with van der Waals surface area (Å²) in [5.41, 5.74) is 3.89. The molecule has 1 saturated heterocycles. The maximum Gasteiger partial charge on any atom is 0.294 e. The molecule has 0 unspecified atom stereocenters. The van der Waals surface area contributed by atoms with E-state index in [1.807, 2.05) is 0 Å². The van der Waals surface area contributed by atoms with E-state index in [1.165, 1.54) is 32.1 Å². The van der Waals surface area contributed by atoms with E-state index in [4.69, 9.17) is 0 Å². The second-order valence-corrected chi connectivity index (χ2v) is 9.92. The standard InChI is InChI=1S/C26H31N7O3/c1-17(16-34)19-4-9-33-22(12-19)30-31-24(33)25(36)29-21-13-20(14-27-18(21)2)28-23(35)15-32-10-7-26(8-11-32)5-3-6-26/h4,9,12-14,34H,1,3,5-8,10-11,15-16H2,2H3,(H,28,35)(H,29,36). The van der Waals surface area contributed by atoms with Gasteiger partial charge in [-0.3, -0.25) is 23.9 Å². The Balaban J connectivity index is 1.23. The molecule has 5 rings (SSSR count). The quantitative estimate of drug-likeness (QED) is 0.466. The number of aryl methyl sites for hydroxylation is 1. The van der Waals surface area contributed by atoms with Crippen LogP contribution in [0.3, 0.4) is 0 Å². The summed E-state index contributed by atoms with van der Waals surface area (Å²) in [4.78, 5) is 32.2. The molecule has 1 aliphatic heterocycles. The molecule has 188 valence electrons. The van der Waals surface area contributed by atoms with Crippen LogP contribution >= 0.6 is 0 Å². The maximum atomic E-state index is 13.0. The fourth-order valence-corrected chi connectivity index (χ4v) is 5.03. The number of fused-ring (bicyclic) bond motifs is 1. The van der Waals surface area contributed by atoms with Crippen molar-refractivity contribution in [2.75, 3.05) is 36.9 Å². The minimum absolute atomic E-state index is 0.0915. The summed E-state index contributed by atoms with van der Waals surface area (Å²) in [6.07, 6.45) is 9.62. The summed E-state index contributed by atoms with van der Waals surface area (Å²) in [7, 11) is 0. The van der Waals surface area contributed by atoms with Crippen LogP contribution in [0.4, 0.5) is 11.4 Å². The largest absolute Gasteiger partial charge is 0.392 e. The molecule has 1 spiro atoms. The molecule has 3 N–H and O–H groups in total. The molecule has 3 aromatic rings. The Morgan fingerprint density at radius 2 is 1.92 bits per heavy atom. The summed E-state index contributed by atoms with van der Waals surface area (Å²) in [5.74, 6) is -0.441. The van der Waals surface area contributed by atoms with Crippen molar-refractivity contribution < 1.29 is 14.7 Å². The molecule has 10 heteroatoms. The molecular formula is C26H31N7O3. The van der Waals surface area contributed by atoms with Crippen LogP contribution in [0.25, 0.3) is 11.2 Å². The number of aliphatic hydroxyl groups is 1. The molecule has 2 amide bonds. The number of aliphatic hydroxyl groups excluding tert-OH is 1. The highest BCUT2D eigenvalue weighted by Crippen LogP contribution is 2.48. The zero-order valence-electron chi connectivity index (χ0n) is 20.5. The topological polar surface area (TPSA) is 125 Å². The van der Waals surface area contributed by atoms with Crippen LogP contribution in [0.5, 0.6) is 0 Å². The van der Waals surface area contributed by atoms with Crippen LogP contribution in [0, 0.1) is 12.3 Å². The highest BCUT2D eigenvalue weighted by atomic mass is 16.3. The first-order chi connectivity index (χ1) is 17.4. The van der Waals surface area contributed by atoms with Gasteiger partial charge >= 0.3 is 0 Å². The van der Waals surface area contributed by atoms with Crippen molar-refractivity contribution in [3.05, 3.63) is 54.3 Å². The average Bonchev–Trinajstić information content (AvgIpc) is 3.28. The number of carbonyl (C=O) groups is 2. The summed E-state index contributed by atoms with van der Waals surface area (Å²) in [5, 5.41) is 23.1. The maximum absolute atomic E-state index is 13.0. The van der Waals surface area contributed by atoms with Crippen molar-refractivity contribution in [3.63, 3.8) is 0 Å². The van der Waals surface area contributed by atoms with E-state index in [0.717, 1.165) is 18.7 Å². The average molecular weight is 490 g/mol. The number of carbonyl (C=O) groups excluding carboxylic acids is 2. The molecule has 2 aliphatic rings. The van der Waals surface area contributed by atoms with E-state index in [0.29, 0.717) is 40.2 Å². The molecule has 1 saturated carbocycles. The Labute approximate surface area is 209 Å². The normalized spacial score (nSPS) is 17.1. The van der Waals surface area contributed by atoms with Crippen LogP contribution in [0.2, 0.25) is 0 Å². The third kappa shape index (κ3) is 4.87. The lowest BCUT2D eigenvalue weighted by Gasteiger charge is -2.47.